The van der Waals surface area contributed by atoms with Gasteiger partial charge in [0.05, 0.1) is 12.7 Å². The lowest BCUT2D eigenvalue weighted by atomic mass is 10.3. The first kappa shape index (κ1) is 10.5. The number of hydrogen-bond acceptors (Lipinski definition) is 5. The molecule has 3 rings (SSSR count). The average molecular weight is 245 g/mol. The number of anilines is 1. The van der Waals surface area contributed by atoms with E-state index in [0.29, 0.717) is 24.1 Å². The van der Waals surface area contributed by atoms with E-state index in [4.69, 9.17) is 5.73 Å². The van der Waals surface area contributed by atoms with Crippen molar-refractivity contribution in [2.45, 2.75) is 13.0 Å². The van der Waals surface area contributed by atoms with Crippen LogP contribution in [0.3, 0.4) is 0 Å². The maximum Gasteiger partial charge on any atom is 0.300 e. The van der Waals surface area contributed by atoms with Crippen molar-refractivity contribution in [2.75, 3.05) is 5.73 Å². The first-order chi connectivity index (χ1) is 8.75. The molecule has 0 aliphatic carbocycles. The van der Waals surface area contributed by atoms with Crippen LogP contribution >= 0.6 is 0 Å². The molecule has 0 atom stereocenters. The Bertz CT molecular complexity index is 724. The normalized spacial score (nSPS) is 11.1. The molecule has 0 aliphatic rings. The van der Waals surface area contributed by atoms with Gasteiger partial charge in [-0.3, -0.25) is 9.36 Å². The summed E-state index contributed by atoms with van der Waals surface area (Å²) in [5, 5.41) is 0. The molecule has 92 valence electrons. The van der Waals surface area contributed by atoms with Crippen molar-refractivity contribution < 1.29 is 0 Å². The predicted molar refractivity (Wildman–Crippen MR) is 64.9 cm³/mol. The highest BCUT2D eigenvalue weighted by molar-refractivity contribution is 5.70. The minimum atomic E-state index is -0.391. The van der Waals surface area contributed by atoms with Gasteiger partial charge in [-0.25, -0.2) is 9.97 Å². The van der Waals surface area contributed by atoms with Crippen LogP contribution in [0, 0.1) is 0 Å². The molecule has 8 nitrogen and oxygen atoms in total. The second-order valence-electron chi connectivity index (χ2n) is 3.85. The highest BCUT2D eigenvalue weighted by Gasteiger charge is 2.10. The number of fused-ring (bicyclic) bond motifs is 1. The number of aryl methyl sites for hydroxylation is 2. The van der Waals surface area contributed by atoms with E-state index in [-0.39, 0.29) is 5.95 Å². The Kier molecular flexibility index (Phi) is 2.33. The lowest BCUT2D eigenvalue weighted by molar-refractivity contribution is 0.698. The summed E-state index contributed by atoms with van der Waals surface area (Å²) in [5.74, 6) is 0.166. The summed E-state index contributed by atoms with van der Waals surface area (Å²) >= 11 is 0. The van der Waals surface area contributed by atoms with E-state index in [9.17, 15) is 4.79 Å². The number of aromatic amines is 2. The van der Waals surface area contributed by atoms with Crippen molar-refractivity contribution in [3.05, 3.63) is 34.9 Å². The van der Waals surface area contributed by atoms with Gasteiger partial charge in [0.15, 0.2) is 11.2 Å². The summed E-state index contributed by atoms with van der Waals surface area (Å²) in [6.45, 7) is 0.572. The van der Waals surface area contributed by atoms with Crippen LogP contribution in [0.4, 0.5) is 5.95 Å². The highest BCUT2D eigenvalue weighted by atomic mass is 16.1. The van der Waals surface area contributed by atoms with Gasteiger partial charge in [0.2, 0.25) is 5.95 Å². The van der Waals surface area contributed by atoms with Crippen LogP contribution in [0.5, 0.6) is 0 Å². The van der Waals surface area contributed by atoms with Gasteiger partial charge in [-0.1, -0.05) is 0 Å². The highest BCUT2D eigenvalue weighted by Crippen LogP contribution is 2.09. The van der Waals surface area contributed by atoms with Gasteiger partial charge in [0, 0.05) is 24.9 Å². The standard InChI is InChI=1S/C10H11N7O/c11-10-16-9(18)7-8(15-5-14-7)17(10)2-1-6-3-12-4-13-6/h3-5H,1-2H2,(H,12,13)(H,14,15)(H2,11,16,18). The average Bonchev–Trinajstić information content (AvgIpc) is 2.98. The quantitative estimate of drug-likeness (QED) is 0.583. The molecule has 3 heterocycles. The summed E-state index contributed by atoms with van der Waals surface area (Å²) in [4.78, 5) is 29.1. The predicted octanol–water partition coefficient (Wildman–Crippen LogP) is -0.332. The molecule has 0 spiro atoms. The largest absolute Gasteiger partial charge is 0.369 e. The molecule has 0 saturated carbocycles. The molecule has 0 aliphatic heterocycles. The lowest BCUT2D eigenvalue weighted by Crippen LogP contribution is -2.19. The zero-order valence-electron chi connectivity index (χ0n) is 9.42. The van der Waals surface area contributed by atoms with Crippen LogP contribution < -0.4 is 11.3 Å². The van der Waals surface area contributed by atoms with Crippen molar-refractivity contribution in [1.29, 1.82) is 0 Å². The molecule has 3 aromatic heterocycles. The molecule has 0 aromatic carbocycles. The Balaban J connectivity index is 2.00. The third kappa shape index (κ3) is 1.63. The maximum atomic E-state index is 11.6. The van der Waals surface area contributed by atoms with Gasteiger partial charge in [-0.2, -0.15) is 4.98 Å². The summed E-state index contributed by atoms with van der Waals surface area (Å²) < 4.78 is 1.70. The number of hydrogen-bond donors (Lipinski definition) is 3. The van der Waals surface area contributed by atoms with Crippen molar-refractivity contribution in [3.8, 4) is 0 Å². The Morgan fingerprint density at radius 2 is 2.22 bits per heavy atom. The number of rotatable bonds is 3. The fourth-order valence-corrected chi connectivity index (χ4v) is 1.85. The maximum absolute atomic E-state index is 11.6. The van der Waals surface area contributed by atoms with Crippen molar-refractivity contribution in [1.82, 2.24) is 29.5 Å². The molecule has 8 heteroatoms. The number of H-pyrrole nitrogens is 2. The molecular weight excluding hydrogens is 234 g/mol. The van der Waals surface area contributed by atoms with Crippen molar-refractivity contribution in [3.63, 3.8) is 0 Å². The topological polar surface area (TPSA) is 118 Å². The number of nitrogens with one attached hydrogen (secondary N) is 2. The van der Waals surface area contributed by atoms with E-state index in [2.05, 4.69) is 24.9 Å². The van der Waals surface area contributed by atoms with Crippen molar-refractivity contribution >= 4 is 17.1 Å². The van der Waals surface area contributed by atoms with Crippen LogP contribution in [0.2, 0.25) is 0 Å². The number of nitrogens with two attached hydrogens (primary N) is 1. The van der Waals surface area contributed by atoms with Crippen LogP contribution in [0.25, 0.3) is 11.2 Å². The van der Waals surface area contributed by atoms with E-state index < -0.39 is 5.56 Å². The Morgan fingerprint density at radius 1 is 1.33 bits per heavy atom. The van der Waals surface area contributed by atoms with E-state index in [1.165, 1.54) is 6.33 Å². The fourth-order valence-electron chi connectivity index (χ4n) is 1.85. The molecule has 0 saturated heterocycles. The summed E-state index contributed by atoms with van der Waals surface area (Å²) in [6.07, 6.45) is 5.52. The Hall–Kier alpha value is -2.64. The Labute approximate surface area is 101 Å². The van der Waals surface area contributed by atoms with E-state index >= 15 is 0 Å². The molecule has 0 radical (unpaired) electrons. The second-order valence-corrected chi connectivity index (χ2v) is 3.85. The lowest BCUT2D eigenvalue weighted by Gasteiger charge is -2.08. The van der Waals surface area contributed by atoms with Gasteiger partial charge >= 0.3 is 5.56 Å². The molecule has 0 amide bonds. The fraction of sp³-hybridized carbons (Fsp3) is 0.200. The van der Waals surface area contributed by atoms with E-state index in [0.717, 1.165) is 5.69 Å². The minimum absolute atomic E-state index is 0.166. The molecule has 4 N–H and O–H groups in total. The van der Waals surface area contributed by atoms with Crippen LogP contribution in [-0.4, -0.2) is 29.5 Å². The number of nitrogen functional groups attached to an aromatic ring is 1. The van der Waals surface area contributed by atoms with Gasteiger partial charge in [0.1, 0.15) is 0 Å². The first-order valence-corrected chi connectivity index (χ1v) is 5.42. The molecule has 0 unspecified atom stereocenters. The van der Waals surface area contributed by atoms with Gasteiger partial charge in [0.25, 0.3) is 0 Å². The summed E-state index contributed by atoms with van der Waals surface area (Å²) in [5.41, 5.74) is 7.24. The second kappa shape index (κ2) is 3.99. The third-order valence-electron chi connectivity index (χ3n) is 2.74. The first-order valence-electron chi connectivity index (χ1n) is 5.42. The summed E-state index contributed by atoms with van der Waals surface area (Å²) in [7, 11) is 0. The van der Waals surface area contributed by atoms with E-state index in [1.807, 2.05) is 0 Å². The van der Waals surface area contributed by atoms with Crippen LogP contribution in [0.1, 0.15) is 5.69 Å². The van der Waals surface area contributed by atoms with Gasteiger partial charge in [-0.05, 0) is 0 Å². The molecular formula is C10H11N7O. The number of imidazole rings is 2. The number of nitrogens with zero attached hydrogens (tertiary/aromatic N) is 4. The summed E-state index contributed by atoms with van der Waals surface area (Å²) in [6, 6.07) is 0. The monoisotopic (exact) mass is 245 g/mol. The van der Waals surface area contributed by atoms with E-state index in [1.54, 1.807) is 17.1 Å². The minimum Gasteiger partial charge on any atom is -0.369 e. The smallest absolute Gasteiger partial charge is 0.300 e. The molecule has 0 fully saturated rings. The zero-order valence-corrected chi connectivity index (χ0v) is 9.42. The zero-order chi connectivity index (χ0) is 12.5. The van der Waals surface area contributed by atoms with Crippen LogP contribution in [0.15, 0.2) is 23.6 Å². The van der Waals surface area contributed by atoms with Crippen molar-refractivity contribution in [2.24, 2.45) is 0 Å². The number of aromatic nitrogens is 6. The van der Waals surface area contributed by atoms with Gasteiger partial charge in [-0.15, -0.1) is 0 Å². The van der Waals surface area contributed by atoms with Gasteiger partial charge < -0.3 is 15.7 Å². The molecule has 18 heavy (non-hydrogen) atoms. The SMILES string of the molecule is Nc1nc(=O)c2[nH]cnc2n1CCc1cnc[nH]1. The third-order valence-corrected chi connectivity index (χ3v) is 2.74. The van der Waals surface area contributed by atoms with Crippen LogP contribution in [-0.2, 0) is 13.0 Å². The molecule has 0 bridgehead atoms. The molecule has 3 aromatic rings. The Morgan fingerprint density at radius 3 is 3.00 bits per heavy atom.